The van der Waals surface area contributed by atoms with Gasteiger partial charge >= 0.3 is 0 Å². The van der Waals surface area contributed by atoms with Gasteiger partial charge in [0.2, 0.25) is 5.91 Å². The highest BCUT2D eigenvalue weighted by atomic mass is 16.5. The maximum Gasteiger partial charge on any atom is 0.219 e. The maximum absolute atomic E-state index is 10.9. The van der Waals surface area contributed by atoms with Crippen molar-refractivity contribution < 1.29 is 9.53 Å². The molecule has 0 spiro atoms. The summed E-state index contributed by atoms with van der Waals surface area (Å²) in [5.74, 6) is 1.38. The third-order valence-corrected chi connectivity index (χ3v) is 3.42. The van der Waals surface area contributed by atoms with E-state index >= 15 is 0 Å². The molecule has 0 saturated heterocycles. The number of carbonyl (C=O) groups is 1. The Morgan fingerprint density at radius 3 is 2.88 bits per heavy atom. The number of hydrogen-bond donors (Lipinski definition) is 2. The van der Waals surface area contributed by atoms with Gasteiger partial charge in [-0.3, -0.25) is 4.79 Å². The van der Waals surface area contributed by atoms with Crippen molar-refractivity contribution in [1.29, 1.82) is 0 Å². The molecule has 16 heavy (non-hydrogen) atoms. The Morgan fingerprint density at radius 1 is 1.44 bits per heavy atom. The van der Waals surface area contributed by atoms with E-state index in [4.69, 9.17) is 10.5 Å². The number of ether oxygens (including phenoxy) is 1. The van der Waals surface area contributed by atoms with Crippen LogP contribution in [-0.2, 0) is 9.53 Å². The van der Waals surface area contributed by atoms with Crippen molar-refractivity contribution in [3.05, 3.63) is 0 Å². The first-order valence-corrected chi connectivity index (χ1v) is 6.26. The summed E-state index contributed by atoms with van der Waals surface area (Å²) < 4.78 is 5.61. The standard InChI is InChI=1S/C12H24N2O2/c1-14-12(15)6-3-7-16-9-11-5-2-4-10(11)8-13/h10-11H,2-9,13H2,1H3,(H,14,15). The molecule has 4 heteroatoms. The molecule has 0 bridgehead atoms. The van der Waals surface area contributed by atoms with Gasteiger partial charge in [0.15, 0.2) is 0 Å². The second kappa shape index (κ2) is 7.63. The highest BCUT2D eigenvalue weighted by Crippen LogP contribution is 2.30. The van der Waals surface area contributed by atoms with E-state index in [-0.39, 0.29) is 5.91 Å². The maximum atomic E-state index is 10.9. The first kappa shape index (κ1) is 13.5. The first-order valence-electron chi connectivity index (χ1n) is 6.26. The van der Waals surface area contributed by atoms with Gasteiger partial charge in [0.05, 0.1) is 0 Å². The Bertz CT molecular complexity index is 209. The number of rotatable bonds is 7. The highest BCUT2D eigenvalue weighted by molar-refractivity contribution is 5.75. The van der Waals surface area contributed by atoms with Gasteiger partial charge in [0, 0.05) is 26.7 Å². The van der Waals surface area contributed by atoms with Gasteiger partial charge in [-0.05, 0) is 37.6 Å². The van der Waals surface area contributed by atoms with Crippen LogP contribution >= 0.6 is 0 Å². The normalized spacial score (nSPS) is 24.6. The van der Waals surface area contributed by atoms with Crippen molar-refractivity contribution in [2.75, 3.05) is 26.8 Å². The molecule has 2 atom stereocenters. The van der Waals surface area contributed by atoms with Gasteiger partial charge < -0.3 is 15.8 Å². The van der Waals surface area contributed by atoms with Crippen LogP contribution in [-0.4, -0.2) is 32.7 Å². The molecule has 1 fully saturated rings. The second-order valence-electron chi connectivity index (χ2n) is 4.54. The molecule has 94 valence electrons. The fourth-order valence-corrected chi connectivity index (χ4v) is 2.34. The van der Waals surface area contributed by atoms with Crippen LogP contribution in [0.1, 0.15) is 32.1 Å². The summed E-state index contributed by atoms with van der Waals surface area (Å²) in [5, 5.41) is 2.60. The average Bonchev–Trinajstić information content (AvgIpc) is 2.75. The van der Waals surface area contributed by atoms with Gasteiger partial charge in [-0.15, -0.1) is 0 Å². The molecule has 1 aliphatic rings. The van der Waals surface area contributed by atoms with Gasteiger partial charge in [0.1, 0.15) is 0 Å². The van der Waals surface area contributed by atoms with Crippen LogP contribution in [0.4, 0.5) is 0 Å². The minimum atomic E-state index is 0.0873. The van der Waals surface area contributed by atoms with Crippen LogP contribution in [0.3, 0.4) is 0 Å². The summed E-state index contributed by atoms with van der Waals surface area (Å²) in [6.07, 6.45) is 5.15. The van der Waals surface area contributed by atoms with Crippen molar-refractivity contribution in [3.63, 3.8) is 0 Å². The predicted molar refractivity (Wildman–Crippen MR) is 64.0 cm³/mol. The predicted octanol–water partition coefficient (Wildman–Crippen LogP) is 0.904. The van der Waals surface area contributed by atoms with Gasteiger partial charge in [-0.1, -0.05) is 6.42 Å². The van der Waals surface area contributed by atoms with Crippen LogP contribution in [0.15, 0.2) is 0 Å². The minimum absolute atomic E-state index is 0.0873. The molecule has 1 aliphatic carbocycles. The summed E-state index contributed by atoms with van der Waals surface area (Å²) in [4.78, 5) is 10.9. The molecule has 1 saturated carbocycles. The number of nitrogens with two attached hydrogens (primary N) is 1. The number of hydrogen-bond acceptors (Lipinski definition) is 3. The molecule has 1 rings (SSSR count). The topological polar surface area (TPSA) is 64.3 Å². The molecule has 0 radical (unpaired) electrons. The zero-order valence-electron chi connectivity index (χ0n) is 10.2. The van der Waals surface area contributed by atoms with Gasteiger partial charge in [-0.25, -0.2) is 0 Å². The van der Waals surface area contributed by atoms with Gasteiger partial charge in [-0.2, -0.15) is 0 Å². The third kappa shape index (κ3) is 4.49. The van der Waals surface area contributed by atoms with E-state index in [9.17, 15) is 4.79 Å². The lowest BCUT2D eigenvalue weighted by atomic mass is 9.97. The average molecular weight is 228 g/mol. The molecule has 4 nitrogen and oxygen atoms in total. The molecule has 1 amide bonds. The van der Waals surface area contributed by atoms with Crippen LogP contribution in [0.5, 0.6) is 0 Å². The molecule has 0 aromatic heterocycles. The van der Waals surface area contributed by atoms with E-state index in [1.54, 1.807) is 7.05 Å². The fraction of sp³-hybridized carbons (Fsp3) is 0.917. The Labute approximate surface area is 97.9 Å². The lowest BCUT2D eigenvalue weighted by Crippen LogP contribution is -2.22. The van der Waals surface area contributed by atoms with Crippen molar-refractivity contribution in [2.24, 2.45) is 17.6 Å². The van der Waals surface area contributed by atoms with Crippen molar-refractivity contribution in [1.82, 2.24) is 5.32 Å². The largest absolute Gasteiger partial charge is 0.381 e. The molecular weight excluding hydrogens is 204 g/mol. The Balaban J connectivity index is 2.00. The summed E-state index contributed by atoms with van der Waals surface area (Å²) in [6, 6.07) is 0. The van der Waals surface area contributed by atoms with E-state index in [0.717, 1.165) is 19.6 Å². The lowest BCUT2D eigenvalue weighted by Gasteiger charge is -2.17. The van der Waals surface area contributed by atoms with Crippen LogP contribution < -0.4 is 11.1 Å². The molecular formula is C12H24N2O2. The summed E-state index contributed by atoms with van der Waals surface area (Å²) in [6.45, 7) is 2.28. The summed E-state index contributed by atoms with van der Waals surface area (Å²) >= 11 is 0. The van der Waals surface area contributed by atoms with Crippen molar-refractivity contribution in [3.8, 4) is 0 Å². The smallest absolute Gasteiger partial charge is 0.219 e. The van der Waals surface area contributed by atoms with E-state index < -0.39 is 0 Å². The van der Waals surface area contributed by atoms with Crippen molar-refractivity contribution >= 4 is 5.91 Å². The van der Waals surface area contributed by atoms with E-state index in [2.05, 4.69) is 5.32 Å². The SMILES string of the molecule is CNC(=O)CCCOCC1CCCC1CN. The van der Waals surface area contributed by atoms with Crippen LogP contribution in [0, 0.1) is 11.8 Å². The number of amides is 1. The molecule has 0 heterocycles. The second-order valence-corrected chi connectivity index (χ2v) is 4.54. The van der Waals surface area contributed by atoms with Crippen molar-refractivity contribution in [2.45, 2.75) is 32.1 Å². The molecule has 0 aliphatic heterocycles. The molecule has 2 unspecified atom stereocenters. The Kier molecular flexibility index (Phi) is 6.42. The highest BCUT2D eigenvalue weighted by Gasteiger charge is 2.25. The van der Waals surface area contributed by atoms with Crippen LogP contribution in [0.2, 0.25) is 0 Å². The quantitative estimate of drug-likeness (QED) is 0.636. The molecule has 0 aromatic rings. The van der Waals surface area contributed by atoms with E-state index in [0.29, 0.717) is 24.9 Å². The number of carbonyl (C=O) groups excluding carboxylic acids is 1. The van der Waals surface area contributed by atoms with E-state index in [1.165, 1.54) is 19.3 Å². The fourth-order valence-electron chi connectivity index (χ4n) is 2.34. The molecule has 0 aromatic carbocycles. The monoisotopic (exact) mass is 228 g/mol. The lowest BCUT2D eigenvalue weighted by molar-refractivity contribution is -0.120. The van der Waals surface area contributed by atoms with Crippen LogP contribution in [0.25, 0.3) is 0 Å². The minimum Gasteiger partial charge on any atom is -0.381 e. The van der Waals surface area contributed by atoms with E-state index in [1.807, 2.05) is 0 Å². The Hall–Kier alpha value is -0.610. The zero-order valence-corrected chi connectivity index (χ0v) is 10.2. The Morgan fingerprint density at radius 2 is 2.19 bits per heavy atom. The first-order chi connectivity index (χ1) is 7.77. The molecule has 3 N–H and O–H groups in total. The summed E-state index contributed by atoms with van der Waals surface area (Å²) in [7, 11) is 1.66. The third-order valence-electron chi connectivity index (χ3n) is 3.42. The summed E-state index contributed by atoms with van der Waals surface area (Å²) in [5.41, 5.74) is 5.70. The van der Waals surface area contributed by atoms with Gasteiger partial charge in [0.25, 0.3) is 0 Å². The zero-order chi connectivity index (χ0) is 11.8. The number of nitrogens with one attached hydrogen (secondary N) is 1.